The summed E-state index contributed by atoms with van der Waals surface area (Å²) in [5.41, 5.74) is 3.00. The molecule has 1 unspecified atom stereocenters. The van der Waals surface area contributed by atoms with Crippen LogP contribution in [-0.2, 0) is 4.79 Å². The van der Waals surface area contributed by atoms with E-state index in [2.05, 4.69) is 37.6 Å². The molecule has 1 aliphatic rings. The third kappa shape index (κ3) is 3.59. The molecule has 1 saturated heterocycles. The predicted molar refractivity (Wildman–Crippen MR) is 91.4 cm³/mol. The largest absolute Gasteiger partial charge is 0.378 e. The zero-order chi connectivity index (χ0) is 16.2. The minimum Gasteiger partial charge on any atom is -0.378 e. The fourth-order valence-electron chi connectivity index (χ4n) is 2.58. The van der Waals surface area contributed by atoms with Gasteiger partial charge in [0.25, 0.3) is 0 Å². The van der Waals surface area contributed by atoms with Crippen LogP contribution < -0.4 is 15.5 Å². The number of hydrogen-bond donors (Lipinski definition) is 2. The fourth-order valence-corrected chi connectivity index (χ4v) is 2.58. The van der Waals surface area contributed by atoms with Crippen molar-refractivity contribution in [2.75, 3.05) is 30.9 Å². The SMILES string of the molecule is CN(C)c1ccc(-c2ccnc(NC3CCCNC3=O)n2)cc1. The number of hydrogen-bond acceptors (Lipinski definition) is 5. The maximum Gasteiger partial charge on any atom is 0.242 e. The normalized spacial score (nSPS) is 17.5. The van der Waals surface area contributed by atoms with Crippen molar-refractivity contribution in [3.8, 4) is 11.3 Å². The van der Waals surface area contributed by atoms with Crippen LogP contribution in [0, 0.1) is 0 Å². The van der Waals surface area contributed by atoms with E-state index >= 15 is 0 Å². The van der Waals surface area contributed by atoms with E-state index in [0.717, 1.165) is 36.3 Å². The molecule has 1 aliphatic heterocycles. The minimum atomic E-state index is -0.255. The van der Waals surface area contributed by atoms with Crippen molar-refractivity contribution in [2.45, 2.75) is 18.9 Å². The number of nitrogens with zero attached hydrogens (tertiary/aromatic N) is 3. The van der Waals surface area contributed by atoms with Gasteiger partial charge >= 0.3 is 0 Å². The van der Waals surface area contributed by atoms with Gasteiger partial charge in [0, 0.05) is 38.1 Å². The van der Waals surface area contributed by atoms with Gasteiger partial charge in [0.05, 0.1) is 5.69 Å². The molecule has 1 aromatic heterocycles. The zero-order valence-electron chi connectivity index (χ0n) is 13.4. The number of amides is 1. The standard InChI is InChI=1S/C17H21N5O/c1-22(2)13-7-5-12(6-8-13)14-9-11-19-17(20-14)21-15-4-3-10-18-16(15)23/h5-9,11,15H,3-4,10H2,1-2H3,(H,18,23)(H,19,20,21). The number of benzene rings is 1. The van der Waals surface area contributed by atoms with Gasteiger partial charge in [-0.1, -0.05) is 12.1 Å². The van der Waals surface area contributed by atoms with E-state index in [1.54, 1.807) is 6.20 Å². The number of rotatable bonds is 4. The maximum absolute atomic E-state index is 11.8. The summed E-state index contributed by atoms with van der Waals surface area (Å²) in [5, 5.41) is 5.98. The number of anilines is 2. The second-order valence-corrected chi connectivity index (χ2v) is 5.84. The lowest BCUT2D eigenvalue weighted by Crippen LogP contribution is -2.44. The monoisotopic (exact) mass is 311 g/mol. The highest BCUT2D eigenvalue weighted by atomic mass is 16.2. The first-order chi connectivity index (χ1) is 11.1. The van der Waals surface area contributed by atoms with Crippen LogP contribution in [0.5, 0.6) is 0 Å². The van der Waals surface area contributed by atoms with E-state index in [4.69, 9.17) is 0 Å². The van der Waals surface area contributed by atoms with Gasteiger partial charge in [-0.3, -0.25) is 4.79 Å². The average Bonchev–Trinajstić information content (AvgIpc) is 2.57. The first kappa shape index (κ1) is 15.3. The lowest BCUT2D eigenvalue weighted by molar-refractivity contribution is -0.123. The highest BCUT2D eigenvalue weighted by Crippen LogP contribution is 2.21. The van der Waals surface area contributed by atoms with E-state index < -0.39 is 0 Å². The van der Waals surface area contributed by atoms with E-state index in [1.807, 2.05) is 32.3 Å². The molecule has 0 bridgehead atoms. The second kappa shape index (κ2) is 6.64. The van der Waals surface area contributed by atoms with Crippen LogP contribution >= 0.6 is 0 Å². The Balaban J connectivity index is 1.77. The number of aromatic nitrogens is 2. The topological polar surface area (TPSA) is 70.2 Å². The van der Waals surface area contributed by atoms with Crippen molar-refractivity contribution >= 4 is 17.5 Å². The number of carbonyl (C=O) groups is 1. The van der Waals surface area contributed by atoms with Gasteiger partial charge in [0.1, 0.15) is 6.04 Å². The number of carbonyl (C=O) groups excluding carboxylic acids is 1. The molecule has 1 fully saturated rings. The third-order valence-corrected chi connectivity index (χ3v) is 3.92. The van der Waals surface area contributed by atoms with Crippen molar-refractivity contribution in [1.29, 1.82) is 0 Å². The Kier molecular flexibility index (Phi) is 4.41. The molecule has 1 aromatic carbocycles. The average molecular weight is 311 g/mol. The van der Waals surface area contributed by atoms with Crippen molar-refractivity contribution in [1.82, 2.24) is 15.3 Å². The highest BCUT2D eigenvalue weighted by Gasteiger charge is 2.22. The smallest absolute Gasteiger partial charge is 0.242 e. The zero-order valence-corrected chi connectivity index (χ0v) is 13.4. The Bertz CT molecular complexity index is 684. The molecule has 0 spiro atoms. The van der Waals surface area contributed by atoms with Gasteiger partial charge in [-0.05, 0) is 31.0 Å². The predicted octanol–water partition coefficient (Wildman–Crippen LogP) is 1.90. The molecule has 23 heavy (non-hydrogen) atoms. The first-order valence-electron chi connectivity index (χ1n) is 7.78. The van der Waals surface area contributed by atoms with Crippen molar-refractivity contribution in [3.05, 3.63) is 36.5 Å². The van der Waals surface area contributed by atoms with Crippen LogP contribution in [0.25, 0.3) is 11.3 Å². The summed E-state index contributed by atoms with van der Waals surface area (Å²) in [5.74, 6) is 0.502. The van der Waals surface area contributed by atoms with Crippen LogP contribution in [-0.4, -0.2) is 42.6 Å². The van der Waals surface area contributed by atoms with Gasteiger partial charge in [-0.15, -0.1) is 0 Å². The Labute approximate surface area is 135 Å². The van der Waals surface area contributed by atoms with Crippen molar-refractivity contribution in [2.24, 2.45) is 0 Å². The molecule has 2 N–H and O–H groups in total. The summed E-state index contributed by atoms with van der Waals surface area (Å²) >= 11 is 0. The van der Waals surface area contributed by atoms with Gasteiger partial charge in [0.2, 0.25) is 11.9 Å². The molecule has 0 aliphatic carbocycles. The lowest BCUT2D eigenvalue weighted by atomic mass is 10.1. The molecule has 1 amide bonds. The summed E-state index contributed by atoms with van der Waals surface area (Å²) in [6.07, 6.45) is 3.48. The summed E-state index contributed by atoms with van der Waals surface area (Å²) < 4.78 is 0. The quantitative estimate of drug-likeness (QED) is 0.902. The molecule has 6 heteroatoms. The van der Waals surface area contributed by atoms with Gasteiger partial charge in [-0.25, -0.2) is 9.97 Å². The van der Waals surface area contributed by atoms with Gasteiger partial charge < -0.3 is 15.5 Å². The number of nitrogens with one attached hydrogen (secondary N) is 2. The Morgan fingerprint density at radius 3 is 2.70 bits per heavy atom. The molecule has 120 valence electrons. The first-order valence-corrected chi connectivity index (χ1v) is 7.78. The van der Waals surface area contributed by atoms with Crippen molar-refractivity contribution < 1.29 is 4.79 Å². The summed E-state index contributed by atoms with van der Waals surface area (Å²) in [6, 6.07) is 9.80. The lowest BCUT2D eigenvalue weighted by Gasteiger charge is -2.22. The van der Waals surface area contributed by atoms with Crippen LogP contribution in [0.2, 0.25) is 0 Å². The van der Waals surface area contributed by atoms with Crippen LogP contribution in [0.15, 0.2) is 36.5 Å². The Morgan fingerprint density at radius 2 is 2.00 bits per heavy atom. The van der Waals surface area contributed by atoms with E-state index in [-0.39, 0.29) is 11.9 Å². The molecule has 0 radical (unpaired) electrons. The summed E-state index contributed by atoms with van der Waals surface area (Å²) in [6.45, 7) is 0.746. The fraction of sp³-hybridized carbons (Fsp3) is 0.353. The molecule has 3 rings (SSSR count). The van der Waals surface area contributed by atoms with E-state index in [1.165, 1.54) is 0 Å². The third-order valence-electron chi connectivity index (χ3n) is 3.92. The van der Waals surface area contributed by atoms with Gasteiger partial charge in [-0.2, -0.15) is 0 Å². The molecule has 2 heterocycles. The highest BCUT2D eigenvalue weighted by molar-refractivity contribution is 5.84. The Morgan fingerprint density at radius 1 is 1.22 bits per heavy atom. The van der Waals surface area contributed by atoms with E-state index in [9.17, 15) is 4.79 Å². The van der Waals surface area contributed by atoms with Crippen LogP contribution in [0.3, 0.4) is 0 Å². The summed E-state index contributed by atoms with van der Waals surface area (Å²) in [7, 11) is 4.02. The van der Waals surface area contributed by atoms with Crippen molar-refractivity contribution in [3.63, 3.8) is 0 Å². The summed E-state index contributed by atoms with van der Waals surface area (Å²) in [4.78, 5) is 22.6. The van der Waals surface area contributed by atoms with E-state index in [0.29, 0.717) is 5.95 Å². The maximum atomic E-state index is 11.8. The van der Waals surface area contributed by atoms with Crippen LogP contribution in [0.4, 0.5) is 11.6 Å². The Hall–Kier alpha value is -2.63. The molecule has 1 atom stereocenters. The number of piperidine rings is 1. The van der Waals surface area contributed by atoms with Gasteiger partial charge in [0.15, 0.2) is 0 Å². The molecular formula is C17H21N5O. The second-order valence-electron chi connectivity index (χ2n) is 5.84. The minimum absolute atomic E-state index is 0.0144. The molecule has 0 saturated carbocycles. The molecule has 6 nitrogen and oxygen atoms in total. The van der Waals surface area contributed by atoms with Crippen LogP contribution in [0.1, 0.15) is 12.8 Å². The molecular weight excluding hydrogens is 290 g/mol. The molecule has 2 aromatic rings.